The van der Waals surface area contributed by atoms with Gasteiger partial charge in [0.05, 0.1) is 0 Å². The molecule has 98 valence electrons. The number of carbonyl (C=O) groups excluding carboxylic acids is 1. The van der Waals surface area contributed by atoms with Crippen LogP contribution in [0.5, 0.6) is 0 Å². The Morgan fingerprint density at radius 3 is 2.82 bits per heavy atom. The van der Waals surface area contributed by atoms with Gasteiger partial charge in [0.1, 0.15) is 0 Å². The minimum Gasteiger partial charge on any atom is -0.356 e. The molecule has 0 unspecified atom stereocenters. The Hall–Kier alpha value is -0.580. The van der Waals surface area contributed by atoms with Gasteiger partial charge < -0.3 is 11.1 Å². The molecular formula is C12H21ClN2OS. The van der Waals surface area contributed by atoms with E-state index >= 15 is 0 Å². The summed E-state index contributed by atoms with van der Waals surface area (Å²) in [5, 5.41) is 4.98. The first-order chi connectivity index (χ1) is 7.83. The maximum absolute atomic E-state index is 11.4. The molecule has 3 nitrogen and oxygen atoms in total. The predicted octanol–water partition coefficient (Wildman–Crippen LogP) is 2.35. The molecule has 1 aromatic heterocycles. The first-order valence-electron chi connectivity index (χ1n) is 5.82. The van der Waals surface area contributed by atoms with Crippen molar-refractivity contribution in [3.05, 3.63) is 22.4 Å². The van der Waals surface area contributed by atoms with E-state index in [9.17, 15) is 4.79 Å². The number of unbranched alkanes of at least 4 members (excludes halogenated alkanes) is 1. The fraction of sp³-hybridized carbons (Fsp3) is 0.583. The lowest BCUT2D eigenvalue weighted by atomic mass is 10.2. The molecule has 1 rings (SSSR count). The highest BCUT2D eigenvalue weighted by Crippen LogP contribution is 2.11. The molecule has 1 aromatic rings. The maximum Gasteiger partial charge on any atom is 0.220 e. The topological polar surface area (TPSA) is 55.1 Å². The number of halogens is 1. The Kier molecular flexibility index (Phi) is 10.2. The quantitative estimate of drug-likeness (QED) is 0.716. The third-order valence-corrected chi connectivity index (χ3v) is 3.30. The zero-order chi connectivity index (χ0) is 11.6. The van der Waals surface area contributed by atoms with Gasteiger partial charge in [-0.25, -0.2) is 0 Å². The Morgan fingerprint density at radius 2 is 2.18 bits per heavy atom. The molecule has 0 saturated heterocycles. The smallest absolute Gasteiger partial charge is 0.220 e. The van der Waals surface area contributed by atoms with Crippen LogP contribution in [0.25, 0.3) is 0 Å². The van der Waals surface area contributed by atoms with Crippen LogP contribution in [0.1, 0.15) is 30.6 Å². The van der Waals surface area contributed by atoms with E-state index in [1.54, 1.807) is 11.3 Å². The van der Waals surface area contributed by atoms with Gasteiger partial charge in [-0.1, -0.05) is 6.07 Å². The number of nitrogens with one attached hydrogen (secondary N) is 1. The Balaban J connectivity index is 0.00000256. The van der Waals surface area contributed by atoms with Gasteiger partial charge in [-0.2, -0.15) is 0 Å². The number of nitrogens with two attached hydrogens (primary N) is 1. The molecule has 0 aliphatic rings. The molecule has 0 saturated carbocycles. The van der Waals surface area contributed by atoms with E-state index in [0.717, 1.165) is 32.2 Å². The molecule has 0 aromatic carbocycles. The van der Waals surface area contributed by atoms with Crippen LogP contribution >= 0.6 is 23.7 Å². The Morgan fingerprint density at radius 1 is 1.35 bits per heavy atom. The van der Waals surface area contributed by atoms with Crippen molar-refractivity contribution in [2.75, 3.05) is 13.1 Å². The molecule has 1 amide bonds. The zero-order valence-electron chi connectivity index (χ0n) is 9.98. The van der Waals surface area contributed by atoms with Gasteiger partial charge >= 0.3 is 0 Å². The average molecular weight is 277 g/mol. The molecule has 3 N–H and O–H groups in total. The largest absolute Gasteiger partial charge is 0.356 e. The summed E-state index contributed by atoms with van der Waals surface area (Å²) in [7, 11) is 0. The molecule has 17 heavy (non-hydrogen) atoms. The summed E-state index contributed by atoms with van der Waals surface area (Å²) in [5.41, 5.74) is 5.37. The van der Waals surface area contributed by atoms with E-state index in [0.29, 0.717) is 13.0 Å². The molecule has 1 heterocycles. The van der Waals surface area contributed by atoms with Gasteiger partial charge in [-0.3, -0.25) is 4.79 Å². The van der Waals surface area contributed by atoms with Crippen molar-refractivity contribution in [1.29, 1.82) is 0 Å². The summed E-state index contributed by atoms with van der Waals surface area (Å²) < 4.78 is 0. The highest BCUT2D eigenvalue weighted by Gasteiger charge is 2.01. The number of aryl methyl sites for hydroxylation is 1. The Bertz CT molecular complexity index is 291. The van der Waals surface area contributed by atoms with Crippen molar-refractivity contribution >= 4 is 29.7 Å². The molecule has 0 radical (unpaired) electrons. The van der Waals surface area contributed by atoms with Gasteiger partial charge in [-0.05, 0) is 43.7 Å². The van der Waals surface area contributed by atoms with Crippen LogP contribution in [0, 0.1) is 0 Å². The number of carbonyl (C=O) groups is 1. The van der Waals surface area contributed by atoms with Crippen molar-refractivity contribution in [3.63, 3.8) is 0 Å². The van der Waals surface area contributed by atoms with E-state index in [2.05, 4.69) is 16.8 Å². The third kappa shape index (κ3) is 8.18. The summed E-state index contributed by atoms with van der Waals surface area (Å²) >= 11 is 1.75. The van der Waals surface area contributed by atoms with Gasteiger partial charge in [0.15, 0.2) is 0 Å². The van der Waals surface area contributed by atoms with E-state index in [4.69, 9.17) is 5.73 Å². The van der Waals surface area contributed by atoms with E-state index in [1.165, 1.54) is 4.88 Å². The van der Waals surface area contributed by atoms with Crippen LogP contribution in [0.4, 0.5) is 0 Å². The summed E-state index contributed by atoms with van der Waals surface area (Å²) in [4.78, 5) is 12.8. The monoisotopic (exact) mass is 276 g/mol. The number of rotatable bonds is 8. The number of amides is 1. The summed E-state index contributed by atoms with van der Waals surface area (Å²) in [5.74, 6) is 0.161. The minimum atomic E-state index is 0. The van der Waals surface area contributed by atoms with Crippen LogP contribution in [0.3, 0.4) is 0 Å². The first kappa shape index (κ1) is 16.4. The van der Waals surface area contributed by atoms with Gasteiger partial charge in [0.2, 0.25) is 5.91 Å². The van der Waals surface area contributed by atoms with Crippen LogP contribution in [0.2, 0.25) is 0 Å². The van der Waals surface area contributed by atoms with Crippen molar-refractivity contribution in [2.45, 2.75) is 32.1 Å². The first-order valence-corrected chi connectivity index (χ1v) is 6.70. The molecule has 0 bridgehead atoms. The van der Waals surface area contributed by atoms with E-state index in [1.807, 2.05) is 6.07 Å². The maximum atomic E-state index is 11.4. The lowest BCUT2D eigenvalue weighted by molar-refractivity contribution is -0.121. The standard InChI is InChI=1S/C12H20N2OS.ClH/c13-8-1-2-9-14-12(15)7-3-5-11-6-4-10-16-11;/h4,6,10H,1-3,5,7-9,13H2,(H,14,15);1H. The van der Waals surface area contributed by atoms with Gasteiger partial charge in [0, 0.05) is 17.8 Å². The van der Waals surface area contributed by atoms with Crippen LogP contribution in [-0.2, 0) is 11.2 Å². The SMILES string of the molecule is Cl.NCCCCNC(=O)CCCc1cccs1. The summed E-state index contributed by atoms with van der Waals surface area (Å²) in [6.07, 6.45) is 4.53. The zero-order valence-corrected chi connectivity index (χ0v) is 11.6. The van der Waals surface area contributed by atoms with Gasteiger partial charge in [-0.15, -0.1) is 23.7 Å². The van der Waals surface area contributed by atoms with Crippen molar-refractivity contribution in [3.8, 4) is 0 Å². The summed E-state index contributed by atoms with van der Waals surface area (Å²) in [6, 6.07) is 4.16. The number of hydrogen-bond donors (Lipinski definition) is 2. The normalized spacial score (nSPS) is 9.71. The minimum absolute atomic E-state index is 0. The summed E-state index contributed by atoms with van der Waals surface area (Å²) in [6.45, 7) is 1.46. The van der Waals surface area contributed by atoms with Crippen LogP contribution in [-0.4, -0.2) is 19.0 Å². The molecule has 0 fully saturated rings. The van der Waals surface area contributed by atoms with Crippen molar-refractivity contribution < 1.29 is 4.79 Å². The van der Waals surface area contributed by atoms with Crippen molar-refractivity contribution in [2.24, 2.45) is 5.73 Å². The third-order valence-electron chi connectivity index (χ3n) is 2.36. The lowest BCUT2D eigenvalue weighted by Gasteiger charge is -2.03. The second-order valence-electron chi connectivity index (χ2n) is 3.78. The predicted molar refractivity (Wildman–Crippen MR) is 75.8 cm³/mol. The van der Waals surface area contributed by atoms with E-state index in [-0.39, 0.29) is 18.3 Å². The van der Waals surface area contributed by atoms with Crippen molar-refractivity contribution in [1.82, 2.24) is 5.32 Å². The van der Waals surface area contributed by atoms with Gasteiger partial charge in [0.25, 0.3) is 0 Å². The van der Waals surface area contributed by atoms with E-state index < -0.39 is 0 Å². The molecule has 0 aliphatic heterocycles. The second-order valence-corrected chi connectivity index (χ2v) is 4.81. The molecule has 0 spiro atoms. The fourth-order valence-electron chi connectivity index (χ4n) is 1.46. The molecule has 0 atom stereocenters. The second kappa shape index (κ2) is 10.6. The molecule has 0 aliphatic carbocycles. The number of thiophene rings is 1. The fourth-order valence-corrected chi connectivity index (χ4v) is 2.21. The lowest BCUT2D eigenvalue weighted by Crippen LogP contribution is -2.24. The van der Waals surface area contributed by atoms with Crippen LogP contribution in [0.15, 0.2) is 17.5 Å². The van der Waals surface area contributed by atoms with Crippen LogP contribution < -0.4 is 11.1 Å². The molecular weight excluding hydrogens is 256 g/mol. The Labute approximate surface area is 113 Å². The number of hydrogen-bond acceptors (Lipinski definition) is 3. The average Bonchev–Trinajstić information content (AvgIpc) is 2.77. The highest BCUT2D eigenvalue weighted by atomic mass is 35.5. The molecule has 5 heteroatoms. The highest BCUT2D eigenvalue weighted by molar-refractivity contribution is 7.09.